The lowest BCUT2D eigenvalue weighted by Crippen LogP contribution is -2.40. The molecule has 1 atom stereocenters. The van der Waals surface area contributed by atoms with E-state index in [2.05, 4.69) is 20.2 Å². The predicted molar refractivity (Wildman–Crippen MR) is 90.5 cm³/mol. The fourth-order valence-corrected chi connectivity index (χ4v) is 2.97. The number of nitrogens with zero attached hydrogens (tertiary/aromatic N) is 2. The molecule has 6 heteroatoms. The van der Waals surface area contributed by atoms with Crippen molar-refractivity contribution in [3.8, 4) is 0 Å². The Morgan fingerprint density at radius 1 is 1.29 bits per heavy atom. The molecule has 6 nitrogen and oxygen atoms in total. The van der Waals surface area contributed by atoms with E-state index in [1.54, 1.807) is 12.1 Å². The van der Waals surface area contributed by atoms with Crippen molar-refractivity contribution in [1.82, 2.24) is 20.2 Å². The third-order valence-electron chi connectivity index (χ3n) is 4.21. The first-order valence-corrected chi connectivity index (χ1v) is 8.18. The number of fused-ring (bicyclic) bond motifs is 1. The number of amides is 2. The van der Waals surface area contributed by atoms with Gasteiger partial charge in [-0.05, 0) is 31.0 Å². The summed E-state index contributed by atoms with van der Waals surface area (Å²) < 4.78 is 2.13. The van der Waals surface area contributed by atoms with E-state index in [0.29, 0.717) is 12.1 Å². The van der Waals surface area contributed by atoms with Gasteiger partial charge in [-0.2, -0.15) is 0 Å². The number of imidazole rings is 1. The zero-order valence-corrected chi connectivity index (χ0v) is 14.0. The van der Waals surface area contributed by atoms with Crippen LogP contribution < -0.4 is 10.6 Å². The van der Waals surface area contributed by atoms with Crippen molar-refractivity contribution in [3.05, 3.63) is 53.1 Å². The van der Waals surface area contributed by atoms with Crippen molar-refractivity contribution in [2.24, 2.45) is 0 Å². The zero-order chi connectivity index (χ0) is 17.1. The number of aryl methyl sites for hydroxylation is 2. The quantitative estimate of drug-likeness (QED) is 0.895. The van der Waals surface area contributed by atoms with Crippen LogP contribution in [0.1, 0.15) is 40.8 Å². The molecule has 0 fully saturated rings. The summed E-state index contributed by atoms with van der Waals surface area (Å²) in [4.78, 5) is 27.8. The smallest absolute Gasteiger partial charge is 0.251 e. The van der Waals surface area contributed by atoms with Gasteiger partial charge in [0.05, 0.1) is 5.69 Å². The second kappa shape index (κ2) is 6.86. The summed E-state index contributed by atoms with van der Waals surface area (Å²) in [6.45, 7) is 4.71. The van der Waals surface area contributed by atoms with E-state index in [-0.39, 0.29) is 17.9 Å². The summed E-state index contributed by atoms with van der Waals surface area (Å²) in [5.41, 5.74) is 2.62. The molecular formula is C18H22N4O2. The predicted octanol–water partition coefficient (Wildman–Crippen LogP) is 1.57. The number of rotatable bonds is 4. The first kappa shape index (κ1) is 16.2. The fraction of sp³-hybridized carbons (Fsp3) is 0.389. The molecule has 2 amide bonds. The van der Waals surface area contributed by atoms with Gasteiger partial charge in [-0.15, -0.1) is 0 Å². The molecule has 1 aliphatic rings. The lowest BCUT2D eigenvalue weighted by Gasteiger charge is -2.24. The summed E-state index contributed by atoms with van der Waals surface area (Å²) in [7, 11) is 0. The van der Waals surface area contributed by atoms with Crippen LogP contribution in [0.2, 0.25) is 0 Å². The summed E-state index contributed by atoms with van der Waals surface area (Å²) >= 11 is 0. The Morgan fingerprint density at radius 2 is 2.04 bits per heavy atom. The highest BCUT2D eigenvalue weighted by Crippen LogP contribution is 2.15. The molecule has 0 aliphatic carbocycles. The number of hydrogen-bond donors (Lipinski definition) is 2. The molecular weight excluding hydrogens is 304 g/mol. The molecule has 2 aromatic rings. The van der Waals surface area contributed by atoms with Crippen molar-refractivity contribution < 1.29 is 9.59 Å². The minimum absolute atomic E-state index is 0.0636. The first-order valence-electron chi connectivity index (χ1n) is 8.18. The van der Waals surface area contributed by atoms with E-state index in [4.69, 9.17) is 0 Å². The second-order valence-electron chi connectivity index (χ2n) is 6.27. The van der Waals surface area contributed by atoms with Crippen LogP contribution in [0.25, 0.3) is 0 Å². The maximum absolute atomic E-state index is 12.4. The van der Waals surface area contributed by atoms with Gasteiger partial charge >= 0.3 is 0 Å². The number of carbonyl (C=O) groups excluding carboxylic acids is 2. The molecule has 3 rings (SSSR count). The molecule has 1 aliphatic heterocycles. The molecule has 0 saturated carbocycles. The molecule has 1 aromatic carbocycles. The van der Waals surface area contributed by atoms with Gasteiger partial charge in [0.1, 0.15) is 5.82 Å². The van der Waals surface area contributed by atoms with Crippen molar-refractivity contribution in [1.29, 1.82) is 0 Å². The van der Waals surface area contributed by atoms with E-state index < -0.39 is 0 Å². The van der Waals surface area contributed by atoms with E-state index >= 15 is 0 Å². The normalized spacial score (nSPS) is 16.3. The summed E-state index contributed by atoms with van der Waals surface area (Å²) in [5.74, 6) is 0.968. The lowest BCUT2D eigenvalue weighted by molar-refractivity contribution is -0.119. The second-order valence-corrected chi connectivity index (χ2v) is 6.27. The van der Waals surface area contributed by atoms with Crippen LogP contribution in [0.5, 0.6) is 0 Å². The highest BCUT2D eigenvalue weighted by atomic mass is 16.2. The van der Waals surface area contributed by atoms with E-state index in [1.807, 2.05) is 25.3 Å². The monoisotopic (exact) mass is 326 g/mol. The molecule has 0 bridgehead atoms. The third kappa shape index (κ3) is 3.82. The van der Waals surface area contributed by atoms with Gasteiger partial charge in [0.15, 0.2) is 0 Å². The zero-order valence-electron chi connectivity index (χ0n) is 14.0. The summed E-state index contributed by atoms with van der Waals surface area (Å²) in [6, 6.07) is 7.44. The molecule has 126 valence electrons. The van der Waals surface area contributed by atoms with Gasteiger partial charge < -0.3 is 15.2 Å². The van der Waals surface area contributed by atoms with Gasteiger partial charge in [0.2, 0.25) is 5.91 Å². The van der Waals surface area contributed by atoms with Crippen molar-refractivity contribution >= 4 is 11.8 Å². The maximum atomic E-state index is 12.4. The number of nitrogens with one attached hydrogen (secondary N) is 2. The van der Waals surface area contributed by atoms with Gasteiger partial charge in [0.25, 0.3) is 5.91 Å². The lowest BCUT2D eigenvalue weighted by atomic mass is 10.1. The standard InChI is InChI=1S/C18H22N4O2/c1-12-10-22-11-16(7-8-17(22)20-12)21-18(24)15-5-3-14(4-6-15)9-19-13(2)23/h3-6,10,16H,7-9,11H2,1-2H3,(H,19,23)(H,21,24)/t16-/m0/s1. The van der Waals surface area contributed by atoms with Crippen molar-refractivity contribution in [3.63, 3.8) is 0 Å². The van der Waals surface area contributed by atoms with Gasteiger partial charge in [0, 0.05) is 44.2 Å². The molecule has 0 saturated heterocycles. The van der Waals surface area contributed by atoms with Gasteiger partial charge in [-0.3, -0.25) is 9.59 Å². The Balaban J connectivity index is 1.58. The molecule has 2 N–H and O–H groups in total. The average molecular weight is 326 g/mol. The van der Waals surface area contributed by atoms with E-state index in [9.17, 15) is 9.59 Å². The number of carbonyl (C=O) groups is 2. The Morgan fingerprint density at radius 3 is 2.75 bits per heavy atom. The summed E-state index contributed by atoms with van der Waals surface area (Å²) in [6.07, 6.45) is 3.82. The Hall–Kier alpha value is -2.63. The molecule has 0 spiro atoms. The molecule has 0 unspecified atom stereocenters. The van der Waals surface area contributed by atoms with Crippen LogP contribution in [0, 0.1) is 6.92 Å². The summed E-state index contributed by atoms with van der Waals surface area (Å²) in [5, 5.41) is 5.84. The molecule has 24 heavy (non-hydrogen) atoms. The highest BCUT2D eigenvalue weighted by Gasteiger charge is 2.21. The van der Waals surface area contributed by atoms with Gasteiger partial charge in [-0.25, -0.2) is 4.98 Å². The van der Waals surface area contributed by atoms with Crippen LogP contribution in [0.4, 0.5) is 0 Å². The molecule has 0 radical (unpaired) electrons. The average Bonchev–Trinajstić information content (AvgIpc) is 2.92. The number of hydrogen-bond acceptors (Lipinski definition) is 3. The van der Waals surface area contributed by atoms with E-state index in [1.165, 1.54) is 6.92 Å². The van der Waals surface area contributed by atoms with Crippen molar-refractivity contribution in [2.75, 3.05) is 0 Å². The van der Waals surface area contributed by atoms with Crippen LogP contribution >= 0.6 is 0 Å². The molecule has 1 aromatic heterocycles. The Kier molecular flexibility index (Phi) is 4.64. The SMILES string of the molecule is CC(=O)NCc1ccc(C(=O)N[C@H]2CCc3nc(C)cn3C2)cc1. The minimum Gasteiger partial charge on any atom is -0.352 e. The number of benzene rings is 1. The van der Waals surface area contributed by atoms with Crippen LogP contribution in [-0.4, -0.2) is 27.4 Å². The Bertz CT molecular complexity index is 749. The Labute approximate surface area is 141 Å². The van der Waals surface area contributed by atoms with Crippen molar-refractivity contribution in [2.45, 2.75) is 45.8 Å². The topological polar surface area (TPSA) is 76.0 Å². The van der Waals surface area contributed by atoms with Crippen LogP contribution in [0.3, 0.4) is 0 Å². The van der Waals surface area contributed by atoms with E-state index in [0.717, 1.165) is 36.5 Å². The minimum atomic E-state index is -0.0665. The molecule has 2 heterocycles. The fourth-order valence-electron chi connectivity index (χ4n) is 2.97. The largest absolute Gasteiger partial charge is 0.352 e. The number of aromatic nitrogens is 2. The first-order chi connectivity index (χ1) is 11.5. The van der Waals surface area contributed by atoms with Crippen LogP contribution in [0.15, 0.2) is 30.5 Å². The van der Waals surface area contributed by atoms with Gasteiger partial charge in [-0.1, -0.05) is 12.1 Å². The highest BCUT2D eigenvalue weighted by molar-refractivity contribution is 5.94. The van der Waals surface area contributed by atoms with Crippen LogP contribution in [-0.2, 0) is 24.3 Å². The maximum Gasteiger partial charge on any atom is 0.251 e. The third-order valence-corrected chi connectivity index (χ3v) is 4.21.